The smallest absolute Gasteiger partial charge is 0.412 e. The lowest BCUT2D eigenvalue weighted by atomic mass is 10.0. The molecule has 10 nitrogen and oxygen atoms in total. The van der Waals surface area contributed by atoms with Gasteiger partial charge in [-0.2, -0.15) is 0 Å². The average molecular weight is 641 g/mol. The highest BCUT2D eigenvalue weighted by atomic mass is 35.5. The van der Waals surface area contributed by atoms with Gasteiger partial charge < -0.3 is 10.4 Å². The maximum atomic E-state index is 12.9. The largest absolute Gasteiger partial charge is 0.477 e. The molecule has 1 aliphatic carbocycles. The molecular formula is C25H25Cl2N6O4S3+. The van der Waals surface area contributed by atoms with Crippen molar-refractivity contribution in [3.63, 3.8) is 0 Å². The van der Waals surface area contributed by atoms with Gasteiger partial charge >= 0.3 is 11.9 Å². The molecular weight excluding hydrogens is 615 g/mol. The van der Waals surface area contributed by atoms with E-state index in [2.05, 4.69) is 10.3 Å². The van der Waals surface area contributed by atoms with Gasteiger partial charge in [0, 0.05) is 33.4 Å². The van der Waals surface area contributed by atoms with Gasteiger partial charge in [-0.3, -0.25) is 26.1 Å². The topological polar surface area (TPSA) is 156 Å². The molecule has 1 aromatic carbocycles. The normalized spacial score (nSPS) is 19.9. The highest BCUT2D eigenvalue weighted by molar-refractivity contribution is 8.00. The molecule has 1 unspecified atom stereocenters. The summed E-state index contributed by atoms with van der Waals surface area (Å²) in [6.07, 6.45) is 6.33. The van der Waals surface area contributed by atoms with E-state index in [0.29, 0.717) is 32.0 Å². The van der Waals surface area contributed by atoms with E-state index in [1.54, 1.807) is 24.3 Å². The standard InChI is InChI=1S/C25H24Cl2N6O4S3/c26-13-6-7-15(27)17(9-13)39-11-18(34)30-19-22(35)32-20(24(36)37)12(10-40-23(19)32)3-2-8-38-21-14-4-1-5-16(14)33(29)25(28)31-21/h2-3,6-7,9,19,23,28H,1,4-5,8,10-11,29H2,(H2,30,34,36,37)/p+1/b3-2+/t19-,23?/m1/s1. The predicted molar refractivity (Wildman–Crippen MR) is 158 cm³/mol. The highest BCUT2D eigenvalue weighted by Crippen LogP contribution is 2.41. The van der Waals surface area contributed by atoms with Gasteiger partial charge in [-0.15, -0.1) is 28.2 Å². The van der Waals surface area contributed by atoms with Crippen LogP contribution in [0.2, 0.25) is 10.0 Å². The van der Waals surface area contributed by atoms with Gasteiger partial charge in [0.25, 0.3) is 5.91 Å². The number of nitrogens with two attached hydrogens (primary N) is 2. The number of β-lactam (4-membered cyclic amide) rings is 1. The Morgan fingerprint density at radius 1 is 1.30 bits per heavy atom. The van der Waals surface area contributed by atoms with Crippen molar-refractivity contribution >= 4 is 82.2 Å². The summed E-state index contributed by atoms with van der Waals surface area (Å²) in [5.41, 5.74) is 8.52. The monoisotopic (exact) mass is 639 g/mol. The minimum absolute atomic E-state index is 0.0327. The van der Waals surface area contributed by atoms with Crippen LogP contribution < -0.4 is 21.6 Å². The number of hydrogen-bond acceptors (Lipinski definition) is 9. The third kappa shape index (κ3) is 5.75. The van der Waals surface area contributed by atoms with Crippen molar-refractivity contribution in [1.82, 2.24) is 15.2 Å². The minimum atomic E-state index is -1.19. The summed E-state index contributed by atoms with van der Waals surface area (Å²) in [5, 5.41) is 14.0. The van der Waals surface area contributed by atoms with Crippen LogP contribution in [0.3, 0.4) is 0 Å². The van der Waals surface area contributed by atoms with Gasteiger partial charge in [-0.25, -0.2) is 4.79 Å². The number of fused-ring (bicyclic) bond motifs is 2. The molecule has 0 saturated carbocycles. The average Bonchev–Trinajstić information content (AvgIpc) is 3.43. The molecule has 2 aliphatic heterocycles. The number of thioether (sulfide) groups is 3. The molecule has 2 atom stereocenters. The van der Waals surface area contributed by atoms with E-state index in [9.17, 15) is 19.5 Å². The van der Waals surface area contributed by atoms with Crippen LogP contribution in [0.15, 0.2) is 51.5 Å². The number of carboxylic acid groups (broad SMARTS) is 1. The van der Waals surface area contributed by atoms with Crippen LogP contribution in [0.4, 0.5) is 5.95 Å². The van der Waals surface area contributed by atoms with Gasteiger partial charge in [-0.05, 0) is 36.6 Å². The van der Waals surface area contributed by atoms with Crippen LogP contribution in [0.1, 0.15) is 17.7 Å². The number of nitrogen functional groups attached to an aromatic ring is 2. The lowest BCUT2D eigenvalue weighted by Crippen LogP contribution is -2.70. The highest BCUT2D eigenvalue weighted by Gasteiger charge is 2.53. The Bertz CT molecular complexity index is 1470. The van der Waals surface area contributed by atoms with Crippen molar-refractivity contribution in [1.29, 1.82) is 0 Å². The number of aromatic nitrogens is 2. The first-order chi connectivity index (χ1) is 19.2. The number of carboxylic acids is 1. The van der Waals surface area contributed by atoms with E-state index in [0.717, 1.165) is 35.5 Å². The number of benzene rings is 1. The first-order valence-electron chi connectivity index (χ1n) is 12.2. The number of carbonyl (C=O) groups excluding carboxylic acids is 2. The molecule has 210 valence electrons. The van der Waals surface area contributed by atoms with Crippen LogP contribution in [0.25, 0.3) is 0 Å². The zero-order valence-electron chi connectivity index (χ0n) is 20.9. The number of rotatable bonds is 9. The number of allylic oxidation sites excluding steroid dienone is 1. The Morgan fingerprint density at radius 3 is 2.88 bits per heavy atom. The molecule has 3 heterocycles. The van der Waals surface area contributed by atoms with E-state index in [1.165, 1.54) is 44.9 Å². The van der Waals surface area contributed by atoms with Crippen molar-refractivity contribution < 1.29 is 24.2 Å². The number of nitrogens with zero attached hydrogens (tertiary/aromatic N) is 3. The summed E-state index contributed by atoms with van der Waals surface area (Å²) in [6, 6.07) is 4.17. The fraction of sp³-hybridized carbons (Fsp3) is 0.320. The molecule has 6 N–H and O–H groups in total. The van der Waals surface area contributed by atoms with Crippen molar-refractivity contribution in [3.8, 4) is 0 Å². The number of carbonyl (C=O) groups is 3. The van der Waals surface area contributed by atoms with Gasteiger partial charge in [0.2, 0.25) is 5.91 Å². The van der Waals surface area contributed by atoms with Crippen LogP contribution in [-0.2, 0) is 27.2 Å². The third-order valence-electron chi connectivity index (χ3n) is 6.60. The number of aliphatic carboxylic acids is 1. The summed E-state index contributed by atoms with van der Waals surface area (Å²) >= 11 is 16.3. The van der Waals surface area contributed by atoms with Crippen LogP contribution in [0.5, 0.6) is 0 Å². The van der Waals surface area contributed by atoms with Crippen LogP contribution in [-0.4, -0.2) is 61.4 Å². The summed E-state index contributed by atoms with van der Waals surface area (Å²) in [7, 11) is 0. The molecule has 1 fully saturated rings. The van der Waals surface area contributed by atoms with Gasteiger partial charge in [0.15, 0.2) is 5.03 Å². The molecule has 0 radical (unpaired) electrons. The molecule has 15 heteroatoms. The zero-order chi connectivity index (χ0) is 28.6. The van der Waals surface area contributed by atoms with Crippen LogP contribution >= 0.6 is 58.5 Å². The van der Waals surface area contributed by atoms with E-state index in [1.807, 2.05) is 6.08 Å². The third-order valence-corrected chi connectivity index (χ3v) is 10.6. The number of anilines is 1. The molecule has 1 saturated heterocycles. The predicted octanol–water partition coefficient (Wildman–Crippen LogP) is 2.64. The number of hydrogen-bond donors (Lipinski definition) is 4. The second kappa shape index (κ2) is 12.1. The lowest BCUT2D eigenvalue weighted by molar-refractivity contribution is -0.634. The lowest BCUT2D eigenvalue weighted by Gasteiger charge is -2.49. The molecule has 5 rings (SSSR count). The van der Waals surface area contributed by atoms with E-state index in [-0.39, 0.29) is 23.3 Å². The fourth-order valence-electron chi connectivity index (χ4n) is 4.74. The fourth-order valence-corrected chi connectivity index (χ4v) is 8.27. The maximum Gasteiger partial charge on any atom is 0.412 e. The van der Waals surface area contributed by atoms with Crippen molar-refractivity contribution in [3.05, 3.63) is 62.9 Å². The quantitative estimate of drug-likeness (QED) is 0.106. The van der Waals surface area contributed by atoms with Gasteiger partial charge in [0.1, 0.15) is 22.8 Å². The number of amides is 2. The zero-order valence-corrected chi connectivity index (χ0v) is 24.9. The summed E-state index contributed by atoms with van der Waals surface area (Å²) in [6.45, 7) is 0. The van der Waals surface area contributed by atoms with Crippen molar-refractivity contribution in [2.45, 2.75) is 40.6 Å². The van der Waals surface area contributed by atoms with E-state index < -0.39 is 23.3 Å². The molecule has 0 bridgehead atoms. The van der Waals surface area contributed by atoms with Gasteiger partial charge in [-0.1, -0.05) is 52.1 Å². The molecule has 0 spiro atoms. The molecule has 1 aromatic heterocycles. The Morgan fingerprint density at radius 2 is 2.10 bits per heavy atom. The van der Waals surface area contributed by atoms with E-state index in [4.69, 9.17) is 34.8 Å². The van der Waals surface area contributed by atoms with Crippen LogP contribution in [0, 0.1) is 0 Å². The Balaban J connectivity index is 1.21. The first-order valence-corrected chi connectivity index (χ1v) is 16.0. The molecule has 40 heavy (non-hydrogen) atoms. The molecule has 2 amide bonds. The number of halogens is 2. The second-order valence-electron chi connectivity index (χ2n) is 9.13. The number of nitrogens with one attached hydrogen (secondary N) is 1. The summed E-state index contributed by atoms with van der Waals surface area (Å²) in [5.74, 6) is 5.21. The minimum Gasteiger partial charge on any atom is -0.477 e. The molecule has 2 aromatic rings. The van der Waals surface area contributed by atoms with E-state index >= 15 is 0 Å². The second-order valence-corrected chi connectivity index (χ2v) is 13.1. The van der Waals surface area contributed by atoms with Crippen molar-refractivity contribution in [2.24, 2.45) is 0 Å². The SMILES string of the molecule is Nc1nc(SC/C=C/C2=C(C(=O)O)N3C(=O)[C@@H](NC(=O)CSc4cc(Cl)ccc4Cl)C3SC2)c2c([n+]1N)CCC2. The van der Waals surface area contributed by atoms with Crippen molar-refractivity contribution in [2.75, 3.05) is 28.8 Å². The van der Waals surface area contributed by atoms with Gasteiger partial charge in [0.05, 0.1) is 10.8 Å². The Labute approximate surface area is 252 Å². The maximum absolute atomic E-state index is 12.9. The summed E-state index contributed by atoms with van der Waals surface area (Å²) < 4.78 is 1.44. The Kier molecular flexibility index (Phi) is 8.76. The Hall–Kier alpha value is -2.58. The molecule has 3 aliphatic rings. The first kappa shape index (κ1) is 28.9. The summed E-state index contributed by atoms with van der Waals surface area (Å²) in [4.78, 5) is 44.0.